The lowest BCUT2D eigenvalue weighted by Gasteiger charge is -2.06. The van der Waals surface area contributed by atoms with Gasteiger partial charge < -0.3 is 0 Å². The summed E-state index contributed by atoms with van der Waals surface area (Å²) in [7, 11) is 0. The van der Waals surface area contributed by atoms with E-state index >= 15 is 0 Å². The summed E-state index contributed by atoms with van der Waals surface area (Å²) in [5.41, 5.74) is 5.27. The zero-order chi connectivity index (χ0) is 12.8. The molecule has 1 amide bonds. The van der Waals surface area contributed by atoms with E-state index < -0.39 is 0 Å². The smallest absolute Gasteiger partial charge is 0.260 e. The molecule has 92 valence electrons. The number of aldehydes is 1. The van der Waals surface area contributed by atoms with Crippen molar-refractivity contribution in [2.24, 2.45) is 0 Å². The van der Waals surface area contributed by atoms with Crippen molar-refractivity contribution in [3.05, 3.63) is 36.3 Å². The van der Waals surface area contributed by atoms with Gasteiger partial charge in [0.05, 0.1) is 6.20 Å². The van der Waals surface area contributed by atoms with Crippen LogP contribution in [0.4, 0.5) is 5.82 Å². The SMILES string of the molecule is O=Cc1cn(CC(=O)NNc2ccccn2)nn1. The van der Waals surface area contributed by atoms with Crippen LogP contribution in [0.5, 0.6) is 0 Å². The summed E-state index contributed by atoms with van der Waals surface area (Å²) in [4.78, 5) is 25.9. The molecule has 2 aromatic rings. The number of carbonyl (C=O) groups excluding carboxylic acids is 2. The van der Waals surface area contributed by atoms with E-state index in [1.165, 1.54) is 10.9 Å². The van der Waals surface area contributed by atoms with Gasteiger partial charge in [-0.3, -0.25) is 20.4 Å². The molecule has 8 nitrogen and oxygen atoms in total. The third kappa shape index (κ3) is 3.11. The molecule has 0 aliphatic carbocycles. The van der Waals surface area contributed by atoms with Crippen LogP contribution in [0.15, 0.2) is 30.6 Å². The Labute approximate surface area is 102 Å². The van der Waals surface area contributed by atoms with Gasteiger partial charge in [0, 0.05) is 6.20 Å². The Morgan fingerprint density at radius 2 is 2.33 bits per heavy atom. The fraction of sp³-hybridized carbons (Fsp3) is 0.100. The molecule has 0 fully saturated rings. The minimum Gasteiger partial charge on any atom is -0.296 e. The molecule has 0 spiro atoms. The van der Waals surface area contributed by atoms with Crippen molar-refractivity contribution in [2.75, 3.05) is 5.43 Å². The highest BCUT2D eigenvalue weighted by Gasteiger charge is 2.05. The van der Waals surface area contributed by atoms with Gasteiger partial charge in [0.15, 0.2) is 6.29 Å². The van der Waals surface area contributed by atoms with Crippen LogP contribution in [-0.2, 0) is 11.3 Å². The van der Waals surface area contributed by atoms with Crippen LogP contribution in [0.1, 0.15) is 10.5 Å². The van der Waals surface area contributed by atoms with Gasteiger partial charge in [-0.2, -0.15) is 0 Å². The Bertz CT molecular complexity index is 538. The zero-order valence-electron chi connectivity index (χ0n) is 9.28. The van der Waals surface area contributed by atoms with Crippen molar-refractivity contribution in [3.8, 4) is 0 Å². The molecule has 0 unspecified atom stereocenters. The Morgan fingerprint density at radius 1 is 1.44 bits per heavy atom. The highest BCUT2D eigenvalue weighted by Crippen LogP contribution is 1.96. The normalized spacial score (nSPS) is 9.78. The van der Waals surface area contributed by atoms with Gasteiger partial charge in [0.1, 0.15) is 18.1 Å². The molecule has 0 atom stereocenters. The van der Waals surface area contributed by atoms with Crippen molar-refractivity contribution in [2.45, 2.75) is 6.54 Å². The van der Waals surface area contributed by atoms with Crippen LogP contribution >= 0.6 is 0 Å². The van der Waals surface area contributed by atoms with Crippen LogP contribution < -0.4 is 10.9 Å². The van der Waals surface area contributed by atoms with E-state index in [4.69, 9.17) is 0 Å². The van der Waals surface area contributed by atoms with Crippen molar-refractivity contribution < 1.29 is 9.59 Å². The number of rotatable bonds is 5. The summed E-state index contributed by atoms with van der Waals surface area (Å²) in [6, 6.07) is 5.26. The second kappa shape index (κ2) is 5.53. The maximum Gasteiger partial charge on any atom is 0.260 e. The predicted molar refractivity (Wildman–Crippen MR) is 61.4 cm³/mol. The molecule has 2 N–H and O–H groups in total. The Balaban J connectivity index is 1.84. The average Bonchev–Trinajstić information content (AvgIpc) is 2.85. The molecule has 0 aromatic carbocycles. The molecule has 0 aliphatic heterocycles. The molecule has 2 heterocycles. The van der Waals surface area contributed by atoms with Gasteiger partial charge >= 0.3 is 0 Å². The van der Waals surface area contributed by atoms with Crippen LogP contribution in [0, 0.1) is 0 Å². The highest BCUT2D eigenvalue weighted by atomic mass is 16.2. The second-order valence-electron chi connectivity index (χ2n) is 3.35. The monoisotopic (exact) mass is 246 g/mol. The summed E-state index contributed by atoms with van der Waals surface area (Å²) >= 11 is 0. The van der Waals surface area contributed by atoms with E-state index in [-0.39, 0.29) is 18.1 Å². The van der Waals surface area contributed by atoms with Crippen molar-refractivity contribution in [1.29, 1.82) is 0 Å². The third-order valence-corrected chi connectivity index (χ3v) is 1.98. The Morgan fingerprint density at radius 3 is 3.00 bits per heavy atom. The van der Waals surface area contributed by atoms with Crippen LogP contribution in [0.3, 0.4) is 0 Å². The summed E-state index contributed by atoms with van der Waals surface area (Å²) in [5, 5.41) is 7.15. The minimum absolute atomic E-state index is 0.0410. The lowest BCUT2D eigenvalue weighted by molar-refractivity contribution is -0.121. The lowest BCUT2D eigenvalue weighted by Crippen LogP contribution is -2.33. The number of hydrazine groups is 1. The van der Waals surface area contributed by atoms with Crippen molar-refractivity contribution >= 4 is 18.0 Å². The first-order chi connectivity index (χ1) is 8.78. The minimum atomic E-state index is -0.331. The van der Waals surface area contributed by atoms with Crippen LogP contribution in [-0.4, -0.2) is 32.2 Å². The number of nitrogens with one attached hydrogen (secondary N) is 2. The van der Waals surface area contributed by atoms with Gasteiger partial charge in [0.25, 0.3) is 5.91 Å². The van der Waals surface area contributed by atoms with Crippen LogP contribution in [0.25, 0.3) is 0 Å². The molecule has 0 saturated carbocycles. The van der Waals surface area contributed by atoms with E-state index in [1.54, 1.807) is 24.4 Å². The van der Waals surface area contributed by atoms with Gasteiger partial charge in [-0.1, -0.05) is 11.3 Å². The maximum absolute atomic E-state index is 11.5. The topological polar surface area (TPSA) is 102 Å². The van der Waals surface area contributed by atoms with E-state index in [0.717, 1.165) is 0 Å². The summed E-state index contributed by atoms with van der Waals surface area (Å²) in [6.07, 6.45) is 3.54. The number of nitrogens with zero attached hydrogens (tertiary/aromatic N) is 4. The van der Waals surface area contributed by atoms with Gasteiger partial charge in [-0.15, -0.1) is 5.10 Å². The number of hydrogen-bond acceptors (Lipinski definition) is 6. The first-order valence-corrected chi connectivity index (χ1v) is 5.09. The Kier molecular flexibility index (Phi) is 3.59. The number of pyridine rings is 1. The number of amides is 1. The van der Waals surface area contributed by atoms with Gasteiger partial charge in [-0.05, 0) is 12.1 Å². The van der Waals surface area contributed by atoms with Crippen molar-refractivity contribution in [1.82, 2.24) is 25.4 Å². The fourth-order valence-electron chi connectivity index (χ4n) is 1.20. The quantitative estimate of drug-likeness (QED) is 0.551. The molecule has 0 bridgehead atoms. The molecule has 0 saturated heterocycles. The standard InChI is InChI=1S/C10H10N6O2/c17-7-8-5-16(15-12-8)6-10(18)14-13-9-3-1-2-4-11-9/h1-5,7H,6H2,(H,11,13)(H,14,18). The highest BCUT2D eigenvalue weighted by molar-refractivity contribution is 5.77. The van der Waals surface area contributed by atoms with E-state index in [9.17, 15) is 9.59 Å². The number of hydrogen-bond donors (Lipinski definition) is 2. The molecule has 2 aromatic heterocycles. The number of carbonyl (C=O) groups is 2. The van der Waals surface area contributed by atoms with E-state index in [2.05, 4.69) is 26.1 Å². The maximum atomic E-state index is 11.5. The second-order valence-corrected chi connectivity index (χ2v) is 3.35. The molecular weight excluding hydrogens is 236 g/mol. The molecule has 8 heteroatoms. The first kappa shape index (κ1) is 11.7. The fourth-order valence-corrected chi connectivity index (χ4v) is 1.20. The lowest BCUT2D eigenvalue weighted by atomic mass is 10.5. The third-order valence-electron chi connectivity index (χ3n) is 1.98. The van der Waals surface area contributed by atoms with Crippen molar-refractivity contribution in [3.63, 3.8) is 0 Å². The summed E-state index contributed by atoms with van der Waals surface area (Å²) in [6.45, 7) is -0.0410. The van der Waals surface area contributed by atoms with E-state index in [0.29, 0.717) is 12.1 Å². The van der Waals surface area contributed by atoms with Gasteiger partial charge in [-0.25, -0.2) is 9.67 Å². The summed E-state index contributed by atoms with van der Waals surface area (Å²) in [5.74, 6) is 0.195. The molecule has 0 aliphatic rings. The average molecular weight is 246 g/mol. The predicted octanol–water partition coefficient (Wildman–Crippen LogP) is -0.371. The molecule has 0 radical (unpaired) electrons. The van der Waals surface area contributed by atoms with Crippen LogP contribution in [0.2, 0.25) is 0 Å². The number of aromatic nitrogens is 4. The molecular formula is C10H10N6O2. The summed E-state index contributed by atoms with van der Waals surface area (Å²) < 4.78 is 1.26. The zero-order valence-corrected chi connectivity index (χ0v) is 9.28. The first-order valence-electron chi connectivity index (χ1n) is 5.09. The Hall–Kier alpha value is -2.77. The molecule has 18 heavy (non-hydrogen) atoms. The van der Waals surface area contributed by atoms with Gasteiger partial charge in [0.2, 0.25) is 0 Å². The largest absolute Gasteiger partial charge is 0.296 e. The number of anilines is 1. The van der Waals surface area contributed by atoms with E-state index in [1.807, 2.05) is 0 Å². The molecule has 2 rings (SSSR count).